The number of aryl methyl sites for hydroxylation is 1. The van der Waals surface area contributed by atoms with Crippen LogP contribution in [-0.4, -0.2) is 30.5 Å². The number of fused-ring (bicyclic) bond motifs is 1. The van der Waals surface area contributed by atoms with Crippen molar-refractivity contribution < 1.29 is 4.79 Å². The van der Waals surface area contributed by atoms with Crippen LogP contribution >= 0.6 is 0 Å². The van der Waals surface area contributed by atoms with Crippen LogP contribution in [0.5, 0.6) is 0 Å². The monoisotopic (exact) mass is 284 g/mol. The molecule has 0 spiro atoms. The second-order valence-corrected chi connectivity index (χ2v) is 4.84. The lowest BCUT2D eigenvalue weighted by Crippen LogP contribution is -2.29. The molecule has 1 atom stereocenters. The number of carbonyl (C=O) groups is 1. The average molecular weight is 284 g/mol. The SMILES string of the molecule is CCC(NC(=O)c1cc2ncccn2n1)c1ncc(C)[nH]1. The van der Waals surface area contributed by atoms with Crippen molar-refractivity contribution in [3.8, 4) is 0 Å². The van der Waals surface area contributed by atoms with Crippen molar-refractivity contribution in [2.75, 3.05) is 0 Å². The summed E-state index contributed by atoms with van der Waals surface area (Å²) in [5.74, 6) is 0.520. The highest BCUT2D eigenvalue weighted by atomic mass is 16.2. The third-order valence-electron chi connectivity index (χ3n) is 3.23. The topological polar surface area (TPSA) is 88.0 Å². The van der Waals surface area contributed by atoms with Crippen molar-refractivity contribution in [1.29, 1.82) is 0 Å². The molecule has 7 heteroatoms. The van der Waals surface area contributed by atoms with E-state index in [1.165, 1.54) is 0 Å². The zero-order chi connectivity index (χ0) is 14.8. The van der Waals surface area contributed by atoms with Crippen LogP contribution in [0.2, 0.25) is 0 Å². The van der Waals surface area contributed by atoms with Gasteiger partial charge in [-0.15, -0.1) is 0 Å². The van der Waals surface area contributed by atoms with Gasteiger partial charge in [0.25, 0.3) is 5.91 Å². The van der Waals surface area contributed by atoms with Gasteiger partial charge in [0.15, 0.2) is 11.3 Å². The van der Waals surface area contributed by atoms with Gasteiger partial charge in [-0.1, -0.05) is 6.92 Å². The summed E-state index contributed by atoms with van der Waals surface area (Å²) in [5, 5.41) is 7.15. The summed E-state index contributed by atoms with van der Waals surface area (Å²) in [4.78, 5) is 23.9. The molecule has 3 aromatic rings. The van der Waals surface area contributed by atoms with Crippen molar-refractivity contribution in [1.82, 2.24) is 29.9 Å². The predicted molar refractivity (Wildman–Crippen MR) is 76.8 cm³/mol. The standard InChI is InChI=1S/C14H16N6O/c1-3-10(13-16-8-9(2)17-13)18-14(21)11-7-12-15-5-4-6-20(12)19-11/h4-8,10H,3H2,1-2H3,(H,16,17)(H,18,21). The first-order valence-electron chi connectivity index (χ1n) is 6.80. The Hall–Kier alpha value is -2.70. The van der Waals surface area contributed by atoms with Crippen LogP contribution in [0.15, 0.2) is 30.7 Å². The minimum absolute atomic E-state index is 0.163. The summed E-state index contributed by atoms with van der Waals surface area (Å²) < 4.78 is 1.58. The van der Waals surface area contributed by atoms with Gasteiger partial charge in [-0.05, 0) is 19.4 Å². The van der Waals surface area contributed by atoms with Crippen molar-refractivity contribution in [3.63, 3.8) is 0 Å². The fraction of sp³-hybridized carbons (Fsp3) is 0.286. The first-order valence-corrected chi connectivity index (χ1v) is 6.80. The minimum atomic E-state index is -0.235. The Morgan fingerprint density at radius 2 is 2.33 bits per heavy atom. The molecule has 0 radical (unpaired) electrons. The molecule has 0 fully saturated rings. The number of carbonyl (C=O) groups excluding carboxylic acids is 1. The van der Waals surface area contributed by atoms with Gasteiger partial charge in [0, 0.05) is 30.4 Å². The maximum Gasteiger partial charge on any atom is 0.272 e. The van der Waals surface area contributed by atoms with Gasteiger partial charge in [0.1, 0.15) is 5.82 Å². The molecule has 0 saturated carbocycles. The number of nitrogens with one attached hydrogen (secondary N) is 2. The van der Waals surface area contributed by atoms with E-state index in [2.05, 4.69) is 25.4 Å². The number of hydrogen-bond acceptors (Lipinski definition) is 4. The lowest BCUT2D eigenvalue weighted by Gasteiger charge is -2.13. The maximum atomic E-state index is 12.3. The molecule has 3 heterocycles. The molecule has 21 heavy (non-hydrogen) atoms. The highest BCUT2D eigenvalue weighted by Gasteiger charge is 2.18. The number of aromatic nitrogens is 5. The average Bonchev–Trinajstić information content (AvgIpc) is 3.10. The van der Waals surface area contributed by atoms with Crippen LogP contribution in [0.25, 0.3) is 5.65 Å². The zero-order valence-corrected chi connectivity index (χ0v) is 11.9. The van der Waals surface area contributed by atoms with Gasteiger partial charge in [-0.25, -0.2) is 14.5 Å². The normalized spacial score (nSPS) is 12.5. The second-order valence-electron chi connectivity index (χ2n) is 4.84. The Labute approximate surface area is 121 Å². The van der Waals surface area contributed by atoms with Gasteiger partial charge in [-0.3, -0.25) is 4.79 Å². The summed E-state index contributed by atoms with van der Waals surface area (Å²) in [6.45, 7) is 3.92. The van der Waals surface area contributed by atoms with E-state index in [0.717, 1.165) is 17.9 Å². The molecular formula is C14H16N6O. The Bertz CT molecular complexity index is 741. The van der Waals surface area contributed by atoms with E-state index in [1.54, 1.807) is 35.2 Å². The molecule has 0 aromatic carbocycles. The molecule has 108 valence electrons. The number of amides is 1. The van der Waals surface area contributed by atoms with Crippen molar-refractivity contribution in [3.05, 3.63) is 47.9 Å². The van der Waals surface area contributed by atoms with Crippen LogP contribution in [0.3, 0.4) is 0 Å². The number of rotatable bonds is 4. The fourth-order valence-electron chi connectivity index (χ4n) is 2.15. The maximum absolute atomic E-state index is 12.3. The van der Waals surface area contributed by atoms with Crippen molar-refractivity contribution in [2.45, 2.75) is 26.3 Å². The van der Waals surface area contributed by atoms with Gasteiger partial charge < -0.3 is 10.3 Å². The van der Waals surface area contributed by atoms with Crippen molar-refractivity contribution in [2.24, 2.45) is 0 Å². The smallest absolute Gasteiger partial charge is 0.272 e. The van der Waals surface area contributed by atoms with E-state index in [-0.39, 0.29) is 11.9 Å². The summed E-state index contributed by atoms with van der Waals surface area (Å²) in [5.41, 5.74) is 1.95. The Balaban J connectivity index is 1.81. The highest BCUT2D eigenvalue weighted by Crippen LogP contribution is 2.14. The molecule has 3 aromatic heterocycles. The number of aromatic amines is 1. The molecule has 0 bridgehead atoms. The molecule has 7 nitrogen and oxygen atoms in total. The van der Waals surface area contributed by atoms with Crippen LogP contribution in [-0.2, 0) is 0 Å². The second kappa shape index (κ2) is 5.35. The largest absolute Gasteiger partial charge is 0.344 e. The Kier molecular flexibility index (Phi) is 3.39. The summed E-state index contributed by atoms with van der Waals surface area (Å²) in [7, 11) is 0. The number of nitrogens with zero attached hydrogens (tertiary/aromatic N) is 4. The first-order chi connectivity index (χ1) is 10.2. The van der Waals surface area contributed by atoms with Crippen molar-refractivity contribution >= 4 is 11.6 Å². The highest BCUT2D eigenvalue weighted by molar-refractivity contribution is 5.93. The number of hydrogen-bond donors (Lipinski definition) is 2. The van der Waals surface area contributed by atoms with Crippen LogP contribution in [0.1, 0.15) is 41.4 Å². The molecule has 1 amide bonds. The van der Waals surface area contributed by atoms with Crippen LogP contribution in [0.4, 0.5) is 0 Å². The molecule has 3 rings (SSSR count). The predicted octanol–water partition coefficient (Wildman–Crippen LogP) is 1.64. The van der Waals surface area contributed by atoms with E-state index in [4.69, 9.17) is 0 Å². The van der Waals surface area contributed by atoms with E-state index < -0.39 is 0 Å². The van der Waals surface area contributed by atoms with E-state index >= 15 is 0 Å². The third kappa shape index (κ3) is 2.62. The fourth-order valence-corrected chi connectivity index (χ4v) is 2.15. The van der Waals surface area contributed by atoms with Gasteiger partial charge in [0.2, 0.25) is 0 Å². The minimum Gasteiger partial charge on any atom is -0.344 e. The first kappa shape index (κ1) is 13.3. The summed E-state index contributed by atoms with van der Waals surface area (Å²) >= 11 is 0. The zero-order valence-electron chi connectivity index (χ0n) is 11.9. The molecular weight excluding hydrogens is 268 g/mol. The number of H-pyrrole nitrogens is 1. The quantitative estimate of drug-likeness (QED) is 0.762. The number of imidazole rings is 1. The Morgan fingerprint density at radius 3 is 3.00 bits per heavy atom. The molecule has 1 unspecified atom stereocenters. The van der Waals surface area contributed by atoms with Gasteiger partial charge in [-0.2, -0.15) is 5.10 Å². The summed E-state index contributed by atoms with van der Waals surface area (Å²) in [6.07, 6.45) is 5.91. The molecule has 0 aliphatic rings. The molecule has 0 aliphatic carbocycles. The van der Waals surface area contributed by atoms with E-state index in [0.29, 0.717) is 11.3 Å². The Morgan fingerprint density at radius 1 is 1.48 bits per heavy atom. The molecule has 2 N–H and O–H groups in total. The summed E-state index contributed by atoms with van der Waals surface area (Å²) in [6, 6.07) is 3.27. The van der Waals surface area contributed by atoms with Gasteiger partial charge >= 0.3 is 0 Å². The third-order valence-corrected chi connectivity index (χ3v) is 3.23. The van der Waals surface area contributed by atoms with Gasteiger partial charge in [0.05, 0.1) is 6.04 Å². The van der Waals surface area contributed by atoms with Crippen LogP contribution < -0.4 is 5.32 Å². The van der Waals surface area contributed by atoms with E-state index in [9.17, 15) is 4.79 Å². The lowest BCUT2D eigenvalue weighted by atomic mass is 10.2. The van der Waals surface area contributed by atoms with E-state index in [1.807, 2.05) is 13.8 Å². The molecule has 0 saturated heterocycles. The lowest BCUT2D eigenvalue weighted by molar-refractivity contribution is 0.0928. The van der Waals surface area contributed by atoms with Crippen LogP contribution in [0, 0.1) is 6.92 Å². The molecule has 0 aliphatic heterocycles.